The fraction of sp³-hybridized carbons (Fsp3) is 0.500. The van der Waals surface area contributed by atoms with E-state index in [-0.39, 0.29) is 18.4 Å². The van der Waals surface area contributed by atoms with E-state index in [0.717, 1.165) is 6.42 Å². The number of rotatable bonds is 4. The molecule has 0 bridgehead atoms. The van der Waals surface area contributed by atoms with Gasteiger partial charge in [-0.15, -0.1) is 0 Å². The van der Waals surface area contributed by atoms with Crippen LogP contribution in [0, 0.1) is 5.92 Å². The van der Waals surface area contributed by atoms with Crippen molar-refractivity contribution in [3.63, 3.8) is 0 Å². The van der Waals surface area contributed by atoms with Crippen LogP contribution in [0.3, 0.4) is 0 Å². The van der Waals surface area contributed by atoms with Crippen LogP contribution in [-0.4, -0.2) is 49.8 Å². The predicted octanol–water partition coefficient (Wildman–Crippen LogP) is 1.16. The number of carbonyl (C=O) groups is 1. The van der Waals surface area contributed by atoms with Crippen molar-refractivity contribution in [2.75, 3.05) is 33.9 Å². The average Bonchev–Trinajstić information content (AvgIpc) is 2.94. The SMILES string of the molecule is COc1ccc(C(=O)N2CCC(CO)C2)c(OC)c1. The molecule has 1 fully saturated rings. The maximum atomic E-state index is 12.4. The molecule has 1 saturated heterocycles. The number of hydrogen-bond donors (Lipinski definition) is 1. The number of aliphatic hydroxyl groups is 1. The van der Waals surface area contributed by atoms with Crippen molar-refractivity contribution < 1.29 is 19.4 Å². The van der Waals surface area contributed by atoms with Crippen LogP contribution in [0.2, 0.25) is 0 Å². The molecule has 0 spiro atoms. The Morgan fingerprint density at radius 2 is 2.21 bits per heavy atom. The molecule has 1 heterocycles. The van der Waals surface area contributed by atoms with Crippen LogP contribution in [0.15, 0.2) is 18.2 Å². The smallest absolute Gasteiger partial charge is 0.257 e. The van der Waals surface area contributed by atoms with E-state index >= 15 is 0 Å². The standard InChI is InChI=1S/C14H19NO4/c1-18-11-3-4-12(13(7-11)19-2)14(17)15-6-5-10(8-15)9-16/h3-4,7,10,16H,5-6,8-9H2,1-2H3. The largest absolute Gasteiger partial charge is 0.497 e. The van der Waals surface area contributed by atoms with Crippen LogP contribution < -0.4 is 9.47 Å². The Hall–Kier alpha value is -1.75. The number of carbonyl (C=O) groups excluding carboxylic acids is 1. The summed E-state index contributed by atoms with van der Waals surface area (Å²) >= 11 is 0. The van der Waals surface area contributed by atoms with Crippen LogP contribution in [-0.2, 0) is 0 Å². The third-order valence-corrected chi connectivity index (χ3v) is 3.47. The Kier molecular flexibility index (Phi) is 4.27. The third kappa shape index (κ3) is 2.81. The Bertz CT molecular complexity index is 461. The molecule has 0 saturated carbocycles. The lowest BCUT2D eigenvalue weighted by Crippen LogP contribution is -2.29. The minimum atomic E-state index is -0.0598. The van der Waals surface area contributed by atoms with E-state index in [1.165, 1.54) is 7.11 Å². The number of nitrogens with zero attached hydrogens (tertiary/aromatic N) is 1. The van der Waals surface area contributed by atoms with Crippen molar-refractivity contribution in [2.45, 2.75) is 6.42 Å². The first kappa shape index (κ1) is 13.7. The van der Waals surface area contributed by atoms with Crippen LogP contribution in [0.25, 0.3) is 0 Å². The molecule has 0 radical (unpaired) electrons. The van der Waals surface area contributed by atoms with Crippen molar-refractivity contribution in [2.24, 2.45) is 5.92 Å². The fourth-order valence-corrected chi connectivity index (χ4v) is 2.31. The fourth-order valence-electron chi connectivity index (χ4n) is 2.31. The van der Waals surface area contributed by atoms with Gasteiger partial charge in [0.25, 0.3) is 5.91 Å². The Morgan fingerprint density at radius 3 is 2.79 bits per heavy atom. The first-order chi connectivity index (χ1) is 9.19. The molecule has 104 valence electrons. The van der Waals surface area contributed by atoms with Gasteiger partial charge in [-0.25, -0.2) is 0 Å². The van der Waals surface area contributed by atoms with Gasteiger partial charge < -0.3 is 19.5 Å². The molecule has 1 aliphatic rings. The normalized spacial score (nSPS) is 18.5. The Morgan fingerprint density at radius 1 is 1.42 bits per heavy atom. The third-order valence-electron chi connectivity index (χ3n) is 3.47. The lowest BCUT2D eigenvalue weighted by Gasteiger charge is -2.18. The molecule has 1 aromatic rings. The molecule has 19 heavy (non-hydrogen) atoms. The van der Waals surface area contributed by atoms with E-state index in [9.17, 15) is 4.79 Å². The minimum absolute atomic E-state index is 0.0598. The Labute approximate surface area is 112 Å². The second-order valence-electron chi connectivity index (χ2n) is 4.65. The lowest BCUT2D eigenvalue weighted by molar-refractivity contribution is 0.0778. The van der Waals surface area contributed by atoms with Gasteiger partial charge in [-0.3, -0.25) is 4.79 Å². The molecule has 1 unspecified atom stereocenters. The van der Waals surface area contributed by atoms with E-state index in [2.05, 4.69) is 0 Å². The highest BCUT2D eigenvalue weighted by Crippen LogP contribution is 2.27. The summed E-state index contributed by atoms with van der Waals surface area (Å²) in [5.74, 6) is 1.29. The average molecular weight is 265 g/mol. The molecule has 1 atom stereocenters. The van der Waals surface area contributed by atoms with E-state index in [1.807, 2.05) is 0 Å². The molecular formula is C14H19NO4. The van der Waals surface area contributed by atoms with Gasteiger partial charge in [-0.2, -0.15) is 0 Å². The molecular weight excluding hydrogens is 246 g/mol. The molecule has 5 heteroatoms. The monoisotopic (exact) mass is 265 g/mol. The number of benzene rings is 1. The van der Waals surface area contributed by atoms with Crippen molar-refractivity contribution in [1.82, 2.24) is 4.90 Å². The summed E-state index contributed by atoms with van der Waals surface area (Å²) in [6.07, 6.45) is 0.848. The van der Waals surface area contributed by atoms with Crippen LogP contribution in [0.5, 0.6) is 11.5 Å². The zero-order valence-electron chi connectivity index (χ0n) is 11.3. The minimum Gasteiger partial charge on any atom is -0.497 e. The lowest BCUT2D eigenvalue weighted by atomic mass is 10.1. The van der Waals surface area contributed by atoms with E-state index in [4.69, 9.17) is 14.6 Å². The molecule has 1 amide bonds. The second-order valence-corrected chi connectivity index (χ2v) is 4.65. The number of aliphatic hydroxyl groups excluding tert-OH is 1. The molecule has 1 aliphatic heterocycles. The topological polar surface area (TPSA) is 59.0 Å². The molecule has 0 aromatic heterocycles. The van der Waals surface area contributed by atoms with E-state index < -0.39 is 0 Å². The van der Waals surface area contributed by atoms with Gasteiger partial charge in [0.2, 0.25) is 0 Å². The quantitative estimate of drug-likeness (QED) is 0.887. The molecule has 1 N–H and O–H groups in total. The maximum Gasteiger partial charge on any atom is 0.257 e. The first-order valence-corrected chi connectivity index (χ1v) is 6.31. The van der Waals surface area contributed by atoms with Crippen molar-refractivity contribution in [3.05, 3.63) is 23.8 Å². The first-order valence-electron chi connectivity index (χ1n) is 6.31. The zero-order chi connectivity index (χ0) is 13.8. The maximum absolute atomic E-state index is 12.4. The number of ether oxygens (including phenoxy) is 2. The summed E-state index contributed by atoms with van der Waals surface area (Å²) in [7, 11) is 3.11. The van der Waals surface area contributed by atoms with Gasteiger partial charge in [0, 0.05) is 31.7 Å². The molecule has 0 aliphatic carbocycles. The van der Waals surface area contributed by atoms with E-state index in [0.29, 0.717) is 30.2 Å². The Balaban J connectivity index is 2.19. The van der Waals surface area contributed by atoms with Crippen molar-refractivity contribution in [1.29, 1.82) is 0 Å². The highest BCUT2D eigenvalue weighted by molar-refractivity contribution is 5.97. The number of likely N-dealkylation sites (tertiary alicyclic amines) is 1. The van der Waals surface area contributed by atoms with Crippen molar-refractivity contribution >= 4 is 5.91 Å². The highest BCUT2D eigenvalue weighted by atomic mass is 16.5. The number of amides is 1. The van der Waals surface area contributed by atoms with Gasteiger partial charge >= 0.3 is 0 Å². The predicted molar refractivity (Wildman–Crippen MR) is 70.6 cm³/mol. The van der Waals surface area contributed by atoms with Crippen LogP contribution >= 0.6 is 0 Å². The van der Waals surface area contributed by atoms with E-state index in [1.54, 1.807) is 30.2 Å². The number of hydrogen-bond acceptors (Lipinski definition) is 4. The molecule has 2 rings (SSSR count). The van der Waals surface area contributed by atoms with Crippen LogP contribution in [0.1, 0.15) is 16.8 Å². The molecule has 5 nitrogen and oxygen atoms in total. The highest BCUT2D eigenvalue weighted by Gasteiger charge is 2.28. The van der Waals surface area contributed by atoms with Gasteiger partial charge in [-0.05, 0) is 18.6 Å². The van der Waals surface area contributed by atoms with Gasteiger partial charge in [-0.1, -0.05) is 0 Å². The van der Waals surface area contributed by atoms with Gasteiger partial charge in [0.05, 0.1) is 19.8 Å². The summed E-state index contributed by atoms with van der Waals surface area (Å²) < 4.78 is 10.4. The van der Waals surface area contributed by atoms with Crippen molar-refractivity contribution in [3.8, 4) is 11.5 Å². The summed E-state index contributed by atoms with van der Waals surface area (Å²) in [6.45, 7) is 1.41. The molecule has 1 aromatic carbocycles. The number of methoxy groups -OCH3 is 2. The summed E-state index contributed by atoms with van der Waals surface area (Å²) in [5.41, 5.74) is 0.530. The second kappa shape index (κ2) is 5.93. The van der Waals surface area contributed by atoms with Gasteiger partial charge in [0.15, 0.2) is 0 Å². The summed E-state index contributed by atoms with van der Waals surface area (Å²) in [4.78, 5) is 14.2. The van der Waals surface area contributed by atoms with Crippen LogP contribution in [0.4, 0.5) is 0 Å². The summed E-state index contributed by atoms with van der Waals surface area (Å²) in [5, 5.41) is 9.13. The summed E-state index contributed by atoms with van der Waals surface area (Å²) in [6, 6.07) is 5.16. The zero-order valence-corrected chi connectivity index (χ0v) is 11.3. The van der Waals surface area contributed by atoms with Gasteiger partial charge in [0.1, 0.15) is 11.5 Å².